The fourth-order valence-corrected chi connectivity index (χ4v) is 4.08. The average molecular weight is 180 g/mol. The summed E-state index contributed by atoms with van der Waals surface area (Å²) in [6.45, 7) is 9.83. The molecule has 0 aliphatic heterocycles. The molecule has 0 bridgehead atoms. The minimum absolute atomic E-state index is 1.01. The molecule has 2 rings (SSSR count). The lowest BCUT2D eigenvalue weighted by molar-refractivity contribution is 0.289. The van der Waals surface area contributed by atoms with Crippen LogP contribution in [0.1, 0.15) is 47.0 Å². The van der Waals surface area contributed by atoms with Gasteiger partial charge in [-0.15, -0.1) is 0 Å². The Hall–Kier alpha value is 0. The van der Waals surface area contributed by atoms with E-state index < -0.39 is 0 Å². The van der Waals surface area contributed by atoms with Gasteiger partial charge in [0.25, 0.3) is 0 Å². The van der Waals surface area contributed by atoms with Crippen molar-refractivity contribution >= 4 is 0 Å². The first-order chi connectivity index (χ1) is 6.16. The quantitative estimate of drug-likeness (QED) is 0.573. The summed E-state index contributed by atoms with van der Waals surface area (Å²) in [6, 6.07) is 0. The van der Waals surface area contributed by atoms with Crippen LogP contribution >= 0.6 is 0 Å². The number of fused-ring (bicyclic) bond motifs is 1. The van der Waals surface area contributed by atoms with E-state index in [9.17, 15) is 0 Å². The fraction of sp³-hybridized carbons (Fsp3) is 1.00. The molecule has 2 aliphatic carbocycles. The van der Waals surface area contributed by atoms with Gasteiger partial charge in [0, 0.05) is 0 Å². The first-order valence-electron chi connectivity index (χ1n) is 6.16. The van der Waals surface area contributed by atoms with E-state index in [-0.39, 0.29) is 0 Å². The van der Waals surface area contributed by atoms with Crippen LogP contribution in [0.4, 0.5) is 0 Å². The number of hydrogen-bond acceptors (Lipinski definition) is 0. The zero-order valence-corrected chi connectivity index (χ0v) is 9.59. The summed E-state index contributed by atoms with van der Waals surface area (Å²) in [5.41, 5.74) is 0. The van der Waals surface area contributed by atoms with Gasteiger partial charge >= 0.3 is 0 Å². The van der Waals surface area contributed by atoms with Crippen LogP contribution in [-0.2, 0) is 0 Å². The first-order valence-corrected chi connectivity index (χ1v) is 6.16. The standard InChI is InChI=1S/C13H24/c1-5-11-7-6-8(2)12-10(4)13(12)9(11)3/h8-13H,5-7H2,1-4H3. The molecule has 0 spiro atoms. The normalized spacial score (nSPS) is 55.4. The molecule has 0 heterocycles. The predicted molar refractivity (Wildman–Crippen MR) is 57.5 cm³/mol. The molecule has 76 valence electrons. The monoisotopic (exact) mass is 180 g/mol. The molecular weight excluding hydrogens is 156 g/mol. The van der Waals surface area contributed by atoms with E-state index >= 15 is 0 Å². The van der Waals surface area contributed by atoms with Crippen LogP contribution in [0.2, 0.25) is 0 Å². The van der Waals surface area contributed by atoms with Crippen LogP contribution in [-0.4, -0.2) is 0 Å². The van der Waals surface area contributed by atoms with E-state index in [1.54, 1.807) is 0 Å². The highest BCUT2D eigenvalue weighted by Gasteiger charge is 2.54. The second kappa shape index (κ2) is 3.29. The number of hydrogen-bond donors (Lipinski definition) is 0. The minimum Gasteiger partial charge on any atom is -0.0651 e. The summed E-state index contributed by atoms with van der Waals surface area (Å²) in [6.07, 6.45) is 4.40. The van der Waals surface area contributed by atoms with Crippen molar-refractivity contribution in [2.24, 2.45) is 35.5 Å². The smallest absolute Gasteiger partial charge is 0.0324 e. The Bertz CT molecular complexity index is 184. The molecular formula is C13H24. The summed E-state index contributed by atoms with van der Waals surface area (Å²) in [4.78, 5) is 0. The zero-order valence-electron chi connectivity index (χ0n) is 9.59. The van der Waals surface area contributed by atoms with Crippen molar-refractivity contribution < 1.29 is 0 Å². The third-order valence-corrected chi connectivity index (χ3v) is 5.04. The van der Waals surface area contributed by atoms with E-state index in [1.807, 2.05) is 0 Å². The Kier molecular flexibility index (Phi) is 2.42. The van der Waals surface area contributed by atoms with E-state index in [1.165, 1.54) is 19.3 Å². The van der Waals surface area contributed by atoms with Gasteiger partial charge in [0.1, 0.15) is 0 Å². The van der Waals surface area contributed by atoms with Crippen molar-refractivity contribution in [3.05, 3.63) is 0 Å². The molecule has 0 amide bonds. The van der Waals surface area contributed by atoms with Crippen LogP contribution < -0.4 is 0 Å². The molecule has 0 aromatic carbocycles. The number of rotatable bonds is 1. The largest absolute Gasteiger partial charge is 0.0651 e. The molecule has 0 aromatic rings. The van der Waals surface area contributed by atoms with Crippen LogP contribution in [0.15, 0.2) is 0 Å². The van der Waals surface area contributed by atoms with E-state index in [0.29, 0.717) is 0 Å². The second-order valence-corrected chi connectivity index (χ2v) is 5.60. The maximum Gasteiger partial charge on any atom is -0.0324 e. The Morgan fingerprint density at radius 3 is 2.23 bits per heavy atom. The molecule has 0 heteroatoms. The van der Waals surface area contributed by atoms with Crippen LogP contribution in [0, 0.1) is 35.5 Å². The van der Waals surface area contributed by atoms with E-state index in [0.717, 1.165) is 35.5 Å². The third-order valence-electron chi connectivity index (χ3n) is 5.04. The molecule has 2 aliphatic rings. The molecule has 0 radical (unpaired) electrons. The third kappa shape index (κ3) is 1.43. The van der Waals surface area contributed by atoms with Gasteiger partial charge in [-0.25, -0.2) is 0 Å². The van der Waals surface area contributed by atoms with Crippen LogP contribution in [0.3, 0.4) is 0 Å². The molecule has 0 aromatic heterocycles. The SMILES string of the molecule is CCC1CCC(C)C2C(C)C2C1C. The van der Waals surface area contributed by atoms with Crippen molar-refractivity contribution in [3.8, 4) is 0 Å². The maximum atomic E-state index is 2.51. The maximum absolute atomic E-state index is 2.51. The van der Waals surface area contributed by atoms with Gasteiger partial charge in [-0.2, -0.15) is 0 Å². The Morgan fingerprint density at radius 1 is 0.923 bits per heavy atom. The van der Waals surface area contributed by atoms with Gasteiger partial charge in [-0.05, 0) is 41.9 Å². The van der Waals surface area contributed by atoms with Crippen molar-refractivity contribution in [1.82, 2.24) is 0 Å². The Balaban J connectivity index is 2.08. The fourth-order valence-electron chi connectivity index (χ4n) is 4.08. The van der Waals surface area contributed by atoms with E-state index in [2.05, 4.69) is 27.7 Å². The average Bonchev–Trinajstić information content (AvgIpc) is 2.78. The first kappa shape index (κ1) is 9.55. The van der Waals surface area contributed by atoms with E-state index in [4.69, 9.17) is 0 Å². The van der Waals surface area contributed by atoms with Gasteiger partial charge < -0.3 is 0 Å². The lowest BCUT2D eigenvalue weighted by Gasteiger charge is -2.21. The van der Waals surface area contributed by atoms with Crippen molar-refractivity contribution in [2.75, 3.05) is 0 Å². The van der Waals surface area contributed by atoms with Crippen LogP contribution in [0.5, 0.6) is 0 Å². The predicted octanol–water partition coefficient (Wildman–Crippen LogP) is 3.96. The van der Waals surface area contributed by atoms with Crippen LogP contribution in [0.25, 0.3) is 0 Å². The summed E-state index contributed by atoms with van der Waals surface area (Å²) in [5, 5.41) is 0. The highest BCUT2D eigenvalue weighted by Crippen LogP contribution is 2.60. The second-order valence-electron chi connectivity index (χ2n) is 5.60. The zero-order chi connectivity index (χ0) is 9.59. The van der Waals surface area contributed by atoms with Gasteiger partial charge in [-0.3, -0.25) is 0 Å². The van der Waals surface area contributed by atoms with Gasteiger partial charge in [0.2, 0.25) is 0 Å². The van der Waals surface area contributed by atoms with Crippen molar-refractivity contribution in [1.29, 1.82) is 0 Å². The molecule has 6 unspecified atom stereocenters. The summed E-state index contributed by atoms with van der Waals surface area (Å²) >= 11 is 0. The molecule has 2 saturated carbocycles. The molecule has 0 saturated heterocycles. The topological polar surface area (TPSA) is 0 Å². The van der Waals surface area contributed by atoms with Crippen molar-refractivity contribution in [3.63, 3.8) is 0 Å². The highest BCUT2D eigenvalue weighted by molar-refractivity contribution is 5.02. The molecule has 0 nitrogen and oxygen atoms in total. The summed E-state index contributed by atoms with van der Waals surface area (Å²) in [7, 11) is 0. The van der Waals surface area contributed by atoms with Crippen molar-refractivity contribution in [2.45, 2.75) is 47.0 Å². The lowest BCUT2D eigenvalue weighted by Crippen LogP contribution is -2.12. The van der Waals surface area contributed by atoms with Gasteiger partial charge in [0.15, 0.2) is 0 Å². The molecule has 6 atom stereocenters. The molecule has 13 heavy (non-hydrogen) atoms. The summed E-state index contributed by atoms with van der Waals surface area (Å²) < 4.78 is 0. The minimum atomic E-state index is 1.01. The molecule has 0 N–H and O–H groups in total. The van der Waals surface area contributed by atoms with Gasteiger partial charge in [-0.1, -0.05) is 40.5 Å². The van der Waals surface area contributed by atoms with Gasteiger partial charge in [0.05, 0.1) is 0 Å². The lowest BCUT2D eigenvalue weighted by atomic mass is 9.84. The summed E-state index contributed by atoms with van der Waals surface area (Å²) in [5.74, 6) is 6.27. The highest BCUT2D eigenvalue weighted by atomic mass is 14.6. The Morgan fingerprint density at radius 2 is 1.62 bits per heavy atom. The molecule has 2 fully saturated rings. The Labute approximate surface area is 83.1 Å².